The lowest BCUT2D eigenvalue weighted by Gasteiger charge is -2.26. The molecule has 0 amide bonds. The Kier molecular flexibility index (Phi) is 2.76. The number of aliphatic hydroxyl groups excluding tert-OH is 2. The number of nitrogens with one attached hydrogen (secondary N) is 1. The second-order valence-electron chi connectivity index (χ2n) is 4.00. The van der Waals surface area contributed by atoms with Crippen LogP contribution in [-0.4, -0.2) is 49.4 Å². The van der Waals surface area contributed by atoms with Crippen LogP contribution in [0.15, 0.2) is 21.9 Å². The zero-order valence-corrected chi connectivity index (χ0v) is 9.11. The first-order valence-corrected chi connectivity index (χ1v) is 5.11. The average Bonchev–Trinajstić information content (AvgIpc) is 2.63. The number of nitrogens with two attached hydrogens (primary N) is 1. The summed E-state index contributed by atoms with van der Waals surface area (Å²) in [4.78, 5) is 24.5. The van der Waals surface area contributed by atoms with E-state index in [1.54, 1.807) is 5.73 Å². The molecule has 1 aromatic heterocycles. The molecule has 0 spiro atoms. The number of rotatable bonds is 3. The number of hydrogen-bond donors (Lipinski definition) is 5. The van der Waals surface area contributed by atoms with Crippen molar-refractivity contribution in [1.29, 1.82) is 0 Å². The van der Waals surface area contributed by atoms with Gasteiger partial charge in [0.25, 0.3) is 5.56 Å². The maximum Gasteiger partial charge on any atom is 0.330 e. The van der Waals surface area contributed by atoms with Gasteiger partial charge in [0.1, 0.15) is 13.6 Å². The third-order valence-electron chi connectivity index (χ3n) is 2.77. The summed E-state index contributed by atoms with van der Waals surface area (Å²) in [7, 11) is 0. The Balaban J connectivity index is 2.48. The molecule has 0 unspecified atom stereocenters. The lowest BCUT2D eigenvalue weighted by molar-refractivity contribution is -0.107. The highest BCUT2D eigenvalue weighted by atomic mass is 16.6. The molecular formula is C9H13N3O6. The van der Waals surface area contributed by atoms with Crippen LogP contribution >= 0.6 is 0 Å². The molecule has 0 aromatic carbocycles. The van der Waals surface area contributed by atoms with Crippen molar-refractivity contribution in [3.05, 3.63) is 33.1 Å². The van der Waals surface area contributed by atoms with Crippen molar-refractivity contribution in [2.24, 2.45) is 5.73 Å². The van der Waals surface area contributed by atoms with Crippen molar-refractivity contribution in [2.75, 3.05) is 6.61 Å². The van der Waals surface area contributed by atoms with Crippen molar-refractivity contribution in [3.8, 4) is 0 Å². The summed E-state index contributed by atoms with van der Waals surface area (Å²) in [5, 5.41) is 28.9. The Labute approximate surface area is 102 Å². The smallest absolute Gasteiger partial charge is 0.330 e. The molecule has 1 aliphatic rings. The second-order valence-corrected chi connectivity index (χ2v) is 4.00. The summed E-state index contributed by atoms with van der Waals surface area (Å²) in [6.07, 6.45) is -3.22. The second kappa shape index (κ2) is 4.30. The third-order valence-corrected chi connectivity index (χ3v) is 2.77. The van der Waals surface area contributed by atoms with Crippen LogP contribution < -0.4 is 17.0 Å². The first kappa shape index (κ1) is 11.6. The molecule has 0 radical (unpaired) electrons. The summed E-state index contributed by atoms with van der Waals surface area (Å²) in [6.45, 7) is -0.611. The zero-order valence-electron chi connectivity index (χ0n) is 10.1. The molecule has 1 fully saturated rings. The van der Waals surface area contributed by atoms with Crippen molar-refractivity contribution in [1.82, 2.24) is 9.55 Å². The molecule has 0 aliphatic carbocycles. The van der Waals surface area contributed by atoms with Crippen molar-refractivity contribution in [3.63, 3.8) is 0 Å². The van der Waals surface area contributed by atoms with E-state index in [1.807, 2.05) is 4.98 Å². The Morgan fingerprint density at radius 2 is 2.39 bits per heavy atom. The molecule has 2 heterocycles. The van der Waals surface area contributed by atoms with Gasteiger partial charge in [-0.2, -0.15) is 0 Å². The number of hydrogen-bond acceptors (Lipinski definition) is 7. The van der Waals surface area contributed by atoms with E-state index in [4.69, 9.17) is 11.3 Å². The predicted octanol–water partition coefficient (Wildman–Crippen LogP) is -3.57. The fourth-order valence-electron chi connectivity index (χ4n) is 1.81. The molecule has 0 saturated carbocycles. The van der Waals surface area contributed by atoms with E-state index >= 15 is 0 Å². The van der Waals surface area contributed by atoms with E-state index < -0.39 is 42.0 Å². The highest BCUT2D eigenvalue weighted by Gasteiger charge is 2.54. The molecule has 0 bridgehead atoms. The molecule has 9 heteroatoms. The lowest BCUT2D eigenvalue weighted by Crippen LogP contribution is -2.56. The van der Waals surface area contributed by atoms with Gasteiger partial charge in [-0.25, -0.2) is 4.79 Å². The van der Waals surface area contributed by atoms with E-state index in [0.717, 1.165) is 16.8 Å². The predicted molar refractivity (Wildman–Crippen MR) is 57.5 cm³/mol. The SMILES string of the molecule is [2H]N[C@@]1(O)[C@H](O)[C@@H](CO)O[C@H]1n1ccc(=O)[nH]c1=O. The minimum absolute atomic E-state index is 0.611. The van der Waals surface area contributed by atoms with Crippen molar-refractivity contribution < 1.29 is 21.5 Å². The van der Waals surface area contributed by atoms with Crippen LogP contribution in [0.4, 0.5) is 0 Å². The molecule has 6 N–H and O–H groups in total. The standard InChI is InChI=1S/C9H13N3O6/c10-9(17)6(15)4(3-13)18-7(9)12-2-1-5(14)11-8(12)16/h1-2,4,6-7,13,15,17H,3,10H2,(H,11,14,16)/t4-,6-,7-,9-/m1/s1/i/hD. The van der Waals surface area contributed by atoms with Crippen LogP contribution in [0.5, 0.6) is 0 Å². The average molecular weight is 260 g/mol. The molecule has 100 valence electrons. The van der Waals surface area contributed by atoms with Gasteiger partial charge in [-0.15, -0.1) is 0 Å². The number of H-pyrrole nitrogens is 1. The van der Waals surface area contributed by atoms with Crippen LogP contribution in [-0.2, 0) is 4.74 Å². The van der Waals surface area contributed by atoms with Crippen LogP contribution in [0.3, 0.4) is 0 Å². The molecule has 2 rings (SSSR count). The highest BCUT2D eigenvalue weighted by molar-refractivity contribution is 4.99. The number of aromatic amines is 1. The summed E-state index contributed by atoms with van der Waals surface area (Å²) in [6, 6.07) is 1.02. The normalized spacial score (nSPS) is 36.6. The molecule has 1 saturated heterocycles. The van der Waals surface area contributed by atoms with Gasteiger partial charge < -0.3 is 20.1 Å². The Bertz CT molecular complexity index is 574. The number of nitrogens with zero attached hydrogens (tertiary/aromatic N) is 1. The van der Waals surface area contributed by atoms with Crippen molar-refractivity contribution in [2.45, 2.75) is 24.2 Å². The maximum absolute atomic E-state index is 11.6. The molecule has 4 atom stereocenters. The summed E-state index contributed by atoms with van der Waals surface area (Å²) < 4.78 is 13.0. The summed E-state index contributed by atoms with van der Waals surface area (Å²) in [5.41, 5.74) is -2.10. The van der Waals surface area contributed by atoms with Crippen LogP contribution in [0, 0.1) is 0 Å². The fraction of sp³-hybridized carbons (Fsp3) is 0.556. The lowest BCUT2D eigenvalue weighted by atomic mass is 10.1. The van der Waals surface area contributed by atoms with Gasteiger partial charge in [-0.05, 0) is 0 Å². The first-order chi connectivity index (χ1) is 8.93. The zero-order chi connectivity index (χ0) is 14.2. The fourth-order valence-corrected chi connectivity index (χ4v) is 1.81. The van der Waals surface area contributed by atoms with E-state index in [1.165, 1.54) is 0 Å². The van der Waals surface area contributed by atoms with E-state index in [-0.39, 0.29) is 0 Å². The Morgan fingerprint density at radius 1 is 1.67 bits per heavy atom. The Hall–Kier alpha value is -1.52. The van der Waals surface area contributed by atoms with Crippen molar-refractivity contribution >= 4 is 0 Å². The monoisotopic (exact) mass is 260 g/mol. The molecule has 1 aliphatic heterocycles. The highest BCUT2D eigenvalue weighted by Crippen LogP contribution is 2.33. The quantitative estimate of drug-likeness (QED) is 0.353. The number of aliphatic hydroxyl groups is 3. The van der Waals surface area contributed by atoms with Gasteiger partial charge in [0.15, 0.2) is 12.0 Å². The maximum atomic E-state index is 11.6. The third kappa shape index (κ3) is 1.87. The molecule has 1 aromatic rings. The first-order valence-electron chi connectivity index (χ1n) is 5.61. The van der Waals surface area contributed by atoms with E-state index in [9.17, 15) is 19.8 Å². The summed E-state index contributed by atoms with van der Waals surface area (Å²) >= 11 is 0. The molecule has 18 heavy (non-hydrogen) atoms. The summed E-state index contributed by atoms with van der Waals surface area (Å²) in [5.74, 6) is 0. The van der Waals surface area contributed by atoms with Gasteiger partial charge in [-0.1, -0.05) is 0 Å². The largest absolute Gasteiger partial charge is 0.394 e. The minimum atomic E-state index is -2.30. The van der Waals surface area contributed by atoms with Crippen LogP contribution in [0.25, 0.3) is 0 Å². The number of aromatic nitrogens is 2. The van der Waals surface area contributed by atoms with Crippen LogP contribution in [0.2, 0.25) is 1.41 Å². The van der Waals surface area contributed by atoms with Gasteiger partial charge in [0, 0.05) is 12.3 Å². The molecular weight excluding hydrogens is 246 g/mol. The van der Waals surface area contributed by atoms with Gasteiger partial charge in [0.2, 0.25) is 0 Å². The van der Waals surface area contributed by atoms with Gasteiger partial charge in [-0.3, -0.25) is 20.1 Å². The van der Waals surface area contributed by atoms with Gasteiger partial charge in [0.05, 0.1) is 6.61 Å². The topological polar surface area (TPSA) is 151 Å². The molecule has 9 nitrogen and oxygen atoms in total. The minimum Gasteiger partial charge on any atom is -0.394 e. The Morgan fingerprint density at radius 3 is 2.94 bits per heavy atom. The van der Waals surface area contributed by atoms with E-state index in [0.29, 0.717) is 0 Å². The van der Waals surface area contributed by atoms with Gasteiger partial charge >= 0.3 is 5.69 Å². The van der Waals surface area contributed by atoms with E-state index in [2.05, 4.69) is 0 Å². The van der Waals surface area contributed by atoms with Crippen LogP contribution in [0.1, 0.15) is 6.23 Å². The number of ether oxygens (including phenoxy) is 1.